The van der Waals surface area contributed by atoms with E-state index in [0.717, 1.165) is 89.2 Å². The molecule has 2 unspecified atom stereocenters. The van der Waals surface area contributed by atoms with Crippen LogP contribution in [-0.4, -0.2) is 98.7 Å². The second kappa shape index (κ2) is 31.2. The highest BCUT2D eigenvalue weighted by molar-refractivity contribution is 5.76. The minimum Gasteiger partial charge on any atom is -0.457 e. The van der Waals surface area contributed by atoms with Crippen molar-refractivity contribution in [2.75, 3.05) is 13.2 Å². The zero-order valence-electron chi connectivity index (χ0n) is 36.6. The molecule has 0 radical (unpaired) electrons. The molecule has 0 aromatic heterocycles. The van der Waals surface area contributed by atoms with Crippen LogP contribution in [-0.2, 0) is 20.7 Å². The van der Waals surface area contributed by atoms with Gasteiger partial charge in [-0.05, 0) is 61.9 Å². The van der Waals surface area contributed by atoms with Crippen molar-refractivity contribution in [2.45, 2.75) is 210 Å². The van der Waals surface area contributed by atoms with Gasteiger partial charge in [0.15, 0.2) is 17.9 Å². The van der Waals surface area contributed by atoms with Gasteiger partial charge in [-0.1, -0.05) is 135 Å². The first-order valence-corrected chi connectivity index (χ1v) is 23.3. The third-order valence-electron chi connectivity index (χ3n) is 11.7. The fraction of sp³-hybridized carbons (Fsp3) is 0.729. The van der Waals surface area contributed by atoms with Crippen LogP contribution >= 0.6 is 0 Å². The first-order chi connectivity index (χ1) is 29.5. The van der Waals surface area contributed by atoms with Crippen molar-refractivity contribution >= 4 is 5.91 Å². The number of rotatable bonds is 34. The lowest BCUT2D eigenvalue weighted by atomic mass is 9.97. The molecule has 1 fully saturated rings. The van der Waals surface area contributed by atoms with Crippen molar-refractivity contribution in [3.05, 3.63) is 59.7 Å². The largest absolute Gasteiger partial charge is 0.457 e. The Hall–Kier alpha value is -2.75. The minimum atomic E-state index is -1.58. The van der Waals surface area contributed by atoms with Gasteiger partial charge in [-0.15, -0.1) is 0 Å². The quantitative estimate of drug-likeness (QED) is 0.0339. The van der Waals surface area contributed by atoms with Crippen LogP contribution in [0.15, 0.2) is 42.5 Å². The molecule has 1 heterocycles. The van der Waals surface area contributed by atoms with Crippen LogP contribution in [0.3, 0.4) is 0 Å². The van der Waals surface area contributed by atoms with Gasteiger partial charge in [-0.25, -0.2) is 8.78 Å². The summed E-state index contributed by atoms with van der Waals surface area (Å²) < 4.78 is 43.3. The number of carbonyl (C=O) groups excluding carboxylic acids is 1. The molecule has 0 bridgehead atoms. The van der Waals surface area contributed by atoms with Crippen molar-refractivity contribution in [2.24, 2.45) is 0 Å². The molecule has 1 saturated heterocycles. The molecule has 1 aliphatic heterocycles. The highest BCUT2D eigenvalue weighted by Gasteiger charge is 2.44. The van der Waals surface area contributed by atoms with Crippen LogP contribution in [0.1, 0.15) is 160 Å². The normalized spacial score (nSPS) is 20.6. The summed E-state index contributed by atoms with van der Waals surface area (Å²) in [6.07, 6.45) is 14.6. The average molecular weight is 866 g/mol. The molecule has 11 nitrogen and oxygen atoms in total. The first-order valence-electron chi connectivity index (χ1n) is 23.3. The van der Waals surface area contributed by atoms with Crippen molar-refractivity contribution in [3.63, 3.8) is 0 Å². The summed E-state index contributed by atoms with van der Waals surface area (Å²) in [5, 5.41) is 65.1. The maximum atomic E-state index is 13.5. The summed E-state index contributed by atoms with van der Waals surface area (Å²) in [6, 6.07) is 10.2. The lowest BCUT2D eigenvalue weighted by molar-refractivity contribution is -0.301. The van der Waals surface area contributed by atoms with E-state index >= 15 is 0 Å². The fourth-order valence-corrected chi connectivity index (χ4v) is 7.83. The van der Waals surface area contributed by atoms with Crippen LogP contribution in [0.25, 0.3) is 0 Å². The Morgan fingerprint density at radius 2 is 1.25 bits per heavy atom. The lowest BCUT2D eigenvalue weighted by Crippen LogP contribution is -2.59. The van der Waals surface area contributed by atoms with Gasteiger partial charge < -0.3 is 50.2 Å². The Bertz CT molecular complexity index is 1440. The third-order valence-corrected chi connectivity index (χ3v) is 11.7. The van der Waals surface area contributed by atoms with E-state index in [1.807, 2.05) is 24.3 Å². The van der Waals surface area contributed by atoms with Crippen molar-refractivity contribution in [1.29, 1.82) is 0 Å². The summed E-state index contributed by atoms with van der Waals surface area (Å²) in [6.45, 7) is 1.54. The molecular formula is C48H77F2NO10. The van der Waals surface area contributed by atoms with Crippen LogP contribution in [0.2, 0.25) is 0 Å². The molecular weight excluding hydrogens is 789 g/mol. The number of carbonyl (C=O) groups is 1. The van der Waals surface area contributed by atoms with Gasteiger partial charge in [-0.2, -0.15) is 0 Å². The Morgan fingerprint density at radius 1 is 0.689 bits per heavy atom. The van der Waals surface area contributed by atoms with Crippen LogP contribution in [0.4, 0.5) is 8.78 Å². The van der Waals surface area contributed by atoms with E-state index in [1.54, 1.807) is 0 Å². The molecule has 348 valence electrons. The molecule has 7 N–H and O–H groups in total. The molecule has 0 saturated carbocycles. The van der Waals surface area contributed by atoms with Crippen LogP contribution in [0.5, 0.6) is 11.5 Å². The van der Waals surface area contributed by atoms with E-state index in [9.17, 15) is 44.2 Å². The van der Waals surface area contributed by atoms with Gasteiger partial charge in [0, 0.05) is 12.5 Å². The SMILES string of the molecule is CCCCCCCCCCCCCC[C@@H](O)[C@@H](O)[C@H](CCO[C@H]1OC(CO)[C@H](O)[C@H](O)C1O)NC(=O)CCCCCCCCCCc1ccc(Oc2ccc(F)c(F)c2)cc1. The van der Waals surface area contributed by atoms with E-state index in [4.69, 9.17) is 14.2 Å². The third kappa shape index (κ3) is 21.0. The van der Waals surface area contributed by atoms with Crippen molar-refractivity contribution in [3.8, 4) is 11.5 Å². The van der Waals surface area contributed by atoms with Gasteiger partial charge >= 0.3 is 0 Å². The molecule has 61 heavy (non-hydrogen) atoms. The molecule has 2 aromatic carbocycles. The number of hydrogen-bond acceptors (Lipinski definition) is 10. The van der Waals surface area contributed by atoms with Crippen molar-refractivity contribution in [1.82, 2.24) is 5.32 Å². The zero-order chi connectivity index (χ0) is 44.2. The Labute approximate surface area is 363 Å². The van der Waals surface area contributed by atoms with Gasteiger partial charge in [-0.3, -0.25) is 4.79 Å². The topological polar surface area (TPSA) is 178 Å². The average Bonchev–Trinajstić information content (AvgIpc) is 3.25. The van der Waals surface area contributed by atoms with E-state index in [1.165, 1.54) is 63.0 Å². The van der Waals surface area contributed by atoms with Crippen LogP contribution < -0.4 is 10.1 Å². The summed E-state index contributed by atoms with van der Waals surface area (Å²) in [7, 11) is 0. The standard InChI is InChI=1S/C48H77F2NO10/c1-2-3-4-5-6-7-8-9-10-14-17-20-23-41(53)44(55)40(31-32-59-48-47(58)46(57)45(56)42(34-52)61-48)51-43(54)24-21-18-15-12-11-13-16-19-22-35-25-27-36(28-26-35)60-37-29-30-38(49)39(50)33-37/h25-30,33,40-42,44-48,52-53,55-58H,2-24,31-32,34H2,1H3,(H,51,54)/t40-,41+,42?,44-,45-,46-,47?,48-/m0/s1. The first kappa shape index (κ1) is 52.6. The molecule has 0 aliphatic carbocycles. The second-order valence-corrected chi connectivity index (χ2v) is 16.9. The summed E-state index contributed by atoms with van der Waals surface area (Å²) in [5.41, 5.74) is 1.18. The Balaban J connectivity index is 1.32. The number of amides is 1. The highest BCUT2D eigenvalue weighted by atomic mass is 19.2. The van der Waals surface area contributed by atoms with E-state index < -0.39 is 67.2 Å². The fourth-order valence-electron chi connectivity index (χ4n) is 7.83. The molecule has 8 atom stereocenters. The van der Waals surface area contributed by atoms with Crippen molar-refractivity contribution < 1.29 is 58.4 Å². The molecule has 1 aliphatic rings. The number of halogens is 2. The number of unbranched alkanes of at least 4 members (excludes halogenated alkanes) is 18. The lowest BCUT2D eigenvalue weighted by Gasteiger charge is -2.39. The predicted molar refractivity (Wildman–Crippen MR) is 232 cm³/mol. The molecule has 1 amide bonds. The number of benzene rings is 2. The highest BCUT2D eigenvalue weighted by Crippen LogP contribution is 2.25. The van der Waals surface area contributed by atoms with E-state index in [2.05, 4.69) is 12.2 Å². The number of hydrogen-bond donors (Lipinski definition) is 7. The summed E-state index contributed by atoms with van der Waals surface area (Å²) >= 11 is 0. The smallest absolute Gasteiger partial charge is 0.220 e. The monoisotopic (exact) mass is 866 g/mol. The van der Waals surface area contributed by atoms with Gasteiger partial charge in [0.05, 0.1) is 25.4 Å². The molecule has 3 rings (SSSR count). The zero-order valence-corrected chi connectivity index (χ0v) is 36.6. The predicted octanol–water partition coefficient (Wildman–Crippen LogP) is 8.31. The number of aliphatic hydroxyl groups is 6. The molecule has 2 aromatic rings. The maximum Gasteiger partial charge on any atom is 0.220 e. The van der Waals surface area contributed by atoms with Gasteiger partial charge in [0.2, 0.25) is 5.91 Å². The number of nitrogens with one attached hydrogen (secondary N) is 1. The van der Waals surface area contributed by atoms with Gasteiger partial charge in [0.25, 0.3) is 0 Å². The Morgan fingerprint density at radius 3 is 1.84 bits per heavy atom. The van der Waals surface area contributed by atoms with E-state index in [0.29, 0.717) is 18.6 Å². The Kier molecular flexibility index (Phi) is 26.9. The second-order valence-electron chi connectivity index (χ2n) is 16.9. The summed E-state index contributed by atoms with van der Waals surface area (Å²) in [5.74, 6) is -1.30. The molecule has 0 spiro atoms. The maximum absolute atomic E-state index is 13.5. The number of aliphatic hydroxyl groups excluding tert-OH is 6. The molecule has 13 heteroatoms. The minimum absolute atomic E-state index is 0.0942. The van der Waals surface area contributed by atoms with E-state index in [-0.39, 0.29) is 31.1 Å². The summed E-state index contributed by atoms with van der Waals surface area (Å²) in [4.78, 5) is 13.0. The van der Waals surface area contributed by atoms with Gasteiger partial charge in [0.1, 0.15) is 42.0 Å². The number of ether oxygens (including phenoxy) is 3. The number of aryl methyl sites for hydroxylation is 1. The van der Waals surface area contributed by atoms with Crippen LogP contribution in [0, 0.1) is 11.6 Å².